The van der Waals surface area contributed by atoms with Gasteiger partial charge in [0, 0.05) is 13.1 Å². The lowest BCUT2D eigenvalue weighted by molar-refractivity contribution is -0.136. The fraction of sp³-hybridized carbons (Fsp3) is 0.450. The zero-order valence-electron chi connectivity index (χ0n) is 31.7. The summed E-state index contributed by atoms with van der Waals surface area (Å²) in [6, 6.07) is 14.7. The molecular weight excluding hydrogens is 688 g/mol. The van der Waals surface area contributed by atoms with Gasteiger partial charge in [0.1, 0.15) is 23.7 Å². The molecule has 286 valence electrons. The summed E-state index contributed by atoms with van der Waals surface area (Å²) < 4.78 is 9.50. The minimum Gasteiger partial charge on any atom is -0.453 e. The highest BCUT2D eigenvalue weighted by Gasteiger charge is 2.39. The molecule has 2 aromatic heterocycles. The standard InChI is InChI=1S/C40H50N8O6/c1-23(2)33(45-39(51)53-5)37(49)47-19-7-9-31(47)35-41-21-29(43-35)27-15-11-25(12-16-27)26-13-17-28(18-14-26)30-22-42-36(44-30)32-10-8-20-48(32)38(50)34(24(3)4)46-40(52)54-6/h11-18,21-24,31-34H,7-10,19-20H2,1-6H3,(H,41,43)(H,42,44)(H,45,51)(H,46,52)/t31-,32?,33-,34-/m0/s1. The predicted octanol–water partition coefficient (Wildman–Crippen LogP) is 6.22. The number of alkyl carbamates (subject to hydrolysis) is 2. The van der Waals surface area contributed by atoms with Gasteiger partial charge in [-0.2, -0.15) is 0 Å². The van der Waals surface area contributed by atoms with Crippen LogP contribution in [0.3, 0.4) is 0 Å². The van der Waals surface area contributed by atoms with E-state index in [4.69, 9.17) is 9.47 Å². The molecule has 0 spiro atoms. The number of amides is 4. The second-order valence-electron chi connectivity index (χ2n) is 14.6. The number of hydrogen-bond acceptors (Lipinski definition) is 8. The van der Waals surface area contributed by atoms with Crippen molar-refractivity contribution < 1.29 is 28.7 Å². The average molecular weight is 739 g/mol. The molecule has 4 aromatic rings. The first-order valence-electron chi connectivity index (χ1n) is 18.6. The molecule has 2 aliphatic heterocycles. The first-order valence-corrected chi connectivity index (χ1v) is 18.6. The number of aromatic nitrogens is 4. The Bertz CT molecular complexity index is 1800. The Morgan fingerprint density at radius 3 is 1.31 bits per heavy atom. The Balaban J connectivity index is 1.11. The zero-order valence-corrected chi connectivity index (χ0v) is 31.7. The number of carbonyl (C=O) groups excluding carboxylic acids is 4. The first-order chi connectivity index (χ1) is 26.0. The van der Waals surface area contributed by atoms with Crippen LogP contribution in [-0.2, 0) is 19.1 Å². The molecule has 2 fully saturated rings. The quantitative estimate of drug-likeness (QED) is 0.140. The monoisotopic (exact) mass is 738 g/mol. The Hall–Kier alpha value is -5.66. The van der Waals surface area contributed by atoms with Gasteiger partial charge in [0.2, 0.25) is 11.8 Å². The molecule has 4 atom stereocenters. The van der Waals surface area contributed by atoms with E-state index in [1.54, 1.807) is 22.2 Å². The molecule has 0 aliphatic carbocycles. The normalized spacial score (nSPS) is 18.1. The third-order valence-electron chi connectivity index (χ3n) is 10.4. The number of carbonyl (C=O) groups is 4. The number of methoxy groups -OCH3 is 2. The van der Waals surface area contributed by atoms with E-state index in [-0.39, 0.29) is 35.7 Å². The number of benzene rings is 2. The van der Waals surface area contributed by atoms with Gasteiger partial charge in [-0.3, -0.25) is 9.59 Å². The fourth-order valence-corrected chi connectivity index (χ4v) is 7.38. The molecule has 6 rings (SSSR count). The third-order valence-corrected chi connectivity index (χ3v) is 10.4. The molecule has 2 aromatic carbocycles. The zero-order chi connectivity index (χ0) is 38.5. The summed E-state index contributed by atoms with van der Waals surface area (Å²) >= 11 is 0. The molecule has 2 aliphatic rings. The Morgan fingerprint density at radius 2 is 0.981 bits per heavy atom. The molecular formula is C40H50N8O6. The van der Waals surface area contributed by atoms with Crippen molar-refractivity contribution in [2.24, 2.45) is 11.8 Å². The van der Waals surface area contributed by atoms with E-state index in [1.165, 1.54) is 14.2 Å². The van der Waals surface area contributed by atoms with Gasteiger partial charge in [0.05, 0.1) is 50.1 Å². The molecule has 4 heterocycles. The molecule has 0 bridgehead atoms. The van der Waals surface area contributed by atoms with Gasteiger partial charge < -0.3 is 39.9 Å². The molecule has 2 saturated heterocycles. The van der Waals surface area contributed by atoms with E-state index >= 15 is 0 Å². The molecule has 14 nitrogen and oxygen atoms in total. The maximum atomic E-state index is 13.5. The van der Waals surface area contributed by atoms with Crippen molar-refractivity contribution in [2.75, 3.05) is 27.3 Å². The number of aromatic amines is 2. The number of nitrogens with one attached hydrogen (secondary N) is 4. The summed E-state index contributed by atoms with van der Waals surface area (Å²) in [5.74, 6) is 0.955. The Labute approximate surface area is 315 Å². The Kier molecular flexibility index (Phi) is 11.7. The number of likely N-dealkylation sites (tertiary alicyclic amines) is 2. The molecule has 0 radical (unpaired) electrons. The lowest BCUT2D eigenvalue weighted by atomic mass is 10.0. The van der Waals surface area contributed by atoms with Crippen LogP contribution in [0.4, 0.5) is 9.59 Å². The number of ether oxygens (including phenoxy) is 2. The van der Waals surface area contributed by atoms with Crippen molar-refractivity contribution in [3.05, 3.63) is 72.6 Å². The number of H-pyrrole nitrogens is 2. The summed E-state index contributed by atoms with van der Waals surface area (Å²) in [5.41, 5.74) is 5.78. The molecule has 1 unspecified atom stereocenters. The van der Waals surface area contributed by atoms with E-state index in [2.05, 4.69) is 54.8 Å². The van der Waals surface area contributed by atoms with E-state index in [1.807, 2.05) is 52.0 Å². The molecule has 4 amide bonds. The predicted molar refractivity (Wildman–Crippen MR) is 203 cm³/mol. The fourth-order valence-electron chi connectivity index (χ4n) is 7.38. The van der Waals surface area contributed by atoms with Crippen molar-refractivity contribution in [2.45, 2.75) is 77.5 Å². The maximum Gasteiger partial charge on any atom is 0.407 e. The number of hydrogen-bond donors (Lipinski definition) is 4. The highest BCUT2D eigenvalue weighted by atomic mass is 16.5. The van der Waals surface area contributed by atoms with Crippen LogP contribution in [0.15, 0.2) is 60.9 Å². The summed E-state index contributed by atoms with van der Waals surface area (Å²) in [7, 11) is 2.58. The van der Waals surface area contributed by atoms with E-state index in [0.29, 0.717) is 13.1 Å². The molecule has 4 N–H and O–H groups in total. The minimum absolute atomic E-state index is 0.104. The van der Waals surface area contributed by atoms with Gasteiger partial charge in [-0.15, -0.1) is 0 Å². The average Bonchev–Trinajstić information content (AvgIpc) is 4.02. The number of rotatable bonds is 11. The Morgan fingerprint density at radius 1 is 0.630 bits per heavy atom. The van der Waals surface area contributed by atoms with Crippen LogP contribution in [0.2, 0.25) is 0 Å². The van der Waals surface area contributed by atoms with Crippen LogP contribution >= 0.6 is 0 Å². The first kappa shape index (κ1) is 38.1. The van der Waals surface area contributed by atoms with E-state index < -0.39 is 24.3 Å². The summed E-state index contributed by atoms with van der Waals surface area (Å²) in [6.45, 7) is 8.78. The van der Waals surface area contributed by atoms with Crippen LogP contribution in [0.25, 0.3) is 33.6 Å². The number of nitrogens with zero attached hydrogens (tertiary/aromatic N) is 4. The lowest BCUT2D eigenvalue weighted by Gasteiger charge is -2.30. The van der Waals surface area contributed by atoms with Gasteiger partial charge in [-0.05, 0) is 59.8 Å². The molecule has 54 heavy (non-hydrogen) atoms. The third kappa shape index (κ3) is 8.12. The highest BCUT2D eigenvalue weighted by molar-refractivity contribution is 5.87. The second-order valence-corrected chi connectivity index (χ2v) is 14.6. The van der Waals surface area contributed by atoms with Crippen molar-refractivity contribution in [1.82, 2.24) is 40.4 Å². The van der Waals surface area contributed by atoms with Gasteiger partial charge in [0.15, 0.2) is 0 Å². The number of imidazole rings is 2. The SMILES string of the molecule is COC(=O)N[C@H](C(=O)N1CCCC1c1ncc(-c2ccc(-c3ccc(-c4cnc([C@@H]5CCCN5C(=O)[C@@H](NC(=O)OC)C(C)C)[nH]4)cc3)cc2)[nH]1)C(C)C. The maximum absolute atomic E-state index is 13.5. The van der Waals surface area contributed by atoms with Crippen molar-refractivity contribution in [3.8, 4) is 33.6 Å². The van der Waals surface area contributed by atoms with Crippen LogP contribution in [0.1, 0.15) is 77.1 Å². The smallest absolute Gasteiger partial charge is 0.407 e. The van der Waals surface area contributed by atoms with E-state index in [0.717, 1.165) is 71.0 Å². The second kappa shape index (κ2) is 16.6. The van der Waals surface area contributed by atoms with E-state index in [9.17, 15) is 19.2 Å². The van der Waals surface area contributed by atoms with Crippen LogP contribution in [0, 0.1) is 11.8 Å². The summed E-state index contributed by atoms with van der Waals surface area (Å²) in [4.78, 5) is 70.7. The van der Waals surface area contributed by atoms with Crippen LogP contribution in [0.5, 0.6) is 0 Å². The van der Waals surface area contributed by atoms with Crippen molar-refractivity contribution >= 4 is 24.0 Å². The molecule has 0 saturated carbocycles. The van der Waals surface area contributed by atoms with Gasteiger partial charge in [-0.1, -0.05) is 76.2 Å². The largest absolute Gasteiger partial charge is 0.453 e. The van der Waals surface area contributed by atoms with Crippen molar-refractivity contribution in [1.29, 1.82) is 0 Å². The van der Waals surface area contributed by atoms with Crippen LogP contribution < -0.4 is 10.6 Å². The summed E-state index contributed by atoms with van der Waals surface area (Å²) in [5, 5.41) is 5.38. The lowest BCUT2D eigenvalue weighted by Crippen LogP contribution is -2.51. The van der Waals surface area contributed by atoms with Gasteiger partial charge >= 0.3 is 12.2 Å². The molecule has 14 heteroatoms. The van der Waals surface area contributed by atoms with Gasteiger partial charge in [-0.25, -0.2) is 19.6 Å². The summed E-state index contributed by atoms with van der Waals surface area (Å²) in [6.07, 6.45) is 5.61. The topological polar surface area (TPSA) is 175 Å². The van der Waals surface area contributed by atoms with Crippen molar-refractivity contribution in [3.63, 3.8) is 0 Å². The highest BCUT2D eigenvalue weighted by Crippen LogP contribution is 2.35. The van der Waals surface area contributed by atoms with Crippen LogP contribution in [-0.4, -0.2) is 93.1 Å². The minimum atomic E-state index is -0.687. The van der Waals surface area contributed by atoms with Gasteiger partial charge in [0.25, 0.3) is 0 Å².